The molecule has 4 rings (SSSR count). The van der Waals surface area contributed by atoms with Crippen molar-refractivity contribution in [3.8, 4) is 0 Å². The normalized spacial score (nSPS) is 30.5. The van der Waals surface area contributed by atoms with E-state index in [1.54, 1.807) is 25.4 Å². The average Bonchev–Trinajstić information content (AvgIpc) is 2.67. The molecule has 2 amide bonds. The Morgan fingerprint density at radius 2 is 2.07 bits per heavy atom. The van der Waals surface area contributed by atoms with Gasteiger partial charge in [0.05, 0.1) is 10.6 Å². The summed E-state index contributed by atoms with van der Waals surface area (Å²) in [6.07, 6.45) is 7.95. The molecular weight excluding hydrogens is 364 g/mol. The van der Waals surface area contributed by atoms with E-state index < -0.39 is 0 Å². The molecule has 6 nitrogen and oxygen atoms in total. The highest BCUT2D eigenvalue weighted by atomic mass is 35.5. The highest BCUT2D eigenvalue weighted by Gasteiger charge is 2.47. The van der Waals surface area contributed by atoms with Crippen molar-refractivity contribution in [2.75, 3.05) is 26.2 Å². The lowest BCUT2D eigenvalue weighted by atomic mass is 9.72. The summed E-state index contributed by atoms with van der Waals surface area (Å²) >= 11 is 6.03. The van der Waals surface area contributed by atoms with Crippen LogP contribution in [-0.4, -0.2) is 64.9 Å². The van der Waals surface area contributed by atoms with E-state index in [0.29, 0.717) is 41.1 Å². The van der Waals surface area contributed by atoms with Crippen LogP contribution in [0.3, 0.4) is 0 Å². The number of nitrogens with zero attached hydrogens (tertiary/aromatic N) is 3. The number of hydrogen-bond acceptors (Lipinski definition) is 4. The van der Waals surface area contributed by atoms with Crippen LogP contribution in [0.4, 0.5) is 0 Å². The molecule has 3 saturated heterocycles. The number of halogens is 1. The third-order valence-electron chi connectivity index (χ3n) is 6.42. The Kier molecular flexibility index (Phi) is 5.37. The topological polar surface area (TPSA) is 65.5 Å². The van der Waals surface area contributed by atoms with Gasteiger partial charge in [-0.1, -0.05) is 18.0 Å². The summed E-state index contributed by atoms with van der Waals surface area (Å²) in [7, 11) is 0. The van der Waals surface area contributed by atoms with Crippen molar-refractivity contribution in [2.45, 2.75) is 44.7 Å². The van der Waals surface area contributed by atoms with Crippen molar-refractivity contribution in [1.29, 1.82) is 0 Å². The number of carbonyl (C=O) groups is 2. The van der Waals surface area contributed by atoms with E-state index in [1.165, 1.54) is 19.3 Å². The minimum Gasteiger partial charge on any atom is -0.355 e. The third-order valence-corrected chi connectivity index (χ3v) is 6.63. The number of aromatic nitrogens is 1. The van der Waals surface area contributed by atoms with Gasteiger partial charge in [-0.05, 0) is 43.7 Å². The lowest BCUT2D eigenvalue weighted by molar-refractivity contribution is -0.120. The van der Waals surface area contributed by atoms with Crippen molar-refractivity contribution in [3.63, 3.8) is 0 Å². The van der Waals surface area contributed by atoms with Crippen LogP contribution in [0.2, 0.25) is 5.02 Å². The number of carbonyl (C=O) groups excluding carboxylic acids is 2. The molecule has 1 aromatic heterocycles. The van der Waals surface area contributed by atoms with Gasteiger partial charge in [-0.2, -0.15) is 0 Å². The molecule has 1 N–H and O–H groups in total. The summed E-state index contributed by atoms with van der Waals surface area (Å²) < 4.78 is 0. The highest BCUT2D eigenvalue weighted by Crippen LogP contribution is 2.41. The molecule has 7 heteroatoms. The molecule has 0 spiro atoms. The SMILES string of the molecule is CC(=O)NC[C@H]1[C@H]2C[C@H](CN(C(=O)c3cncc(Cl)c3)C2)[C@@H]2CCCCN21. The molecule has 2 bridgehead atoms. The summed E-state index contributed by atoms with van der Waals surface area (Å²) in [5, 5.41) is 3.51. The van der Waals surface area contributed by atoms with Crippen molar-refractivity contribution in [3.05, 3.63) is 29.0 Å². The second kappa shape index (κ2) is 7.76. The van der Waals surface area contributed by atoms with Gasteiger partial charge in [-0.3, -0.25) is 19.5 Å². The Bertz CT molecular complexity index is 728. The first-order valence-corrected chi connectivity index (χ1v) is 10.3. The fourth-order valence-electron chi connectivity index (χ4n) is 5.31. The van der Waals surface area contributed by atoms with Crippen LogP contribution >= 0.6 is 11.6 Å². The number of pyridine rings is 1. The van der Waals surface area contributed by atoms with Crippen molar-refractivity contribution >= 4 is 23.4 Å². The second-order valence-electron chi connectivity index (χ2n) is 8.16. The zero-order chi connectivity index (χ0) is 19.0. The molecule has 0 radical (unpaired) electrons. The summed E-state index contributed by atoms with van der Waals surface area (Å²) in [5.41, 5.74) is 0.557. The van der Waals surface area contributed by atoms with E-state index in [-0.39, 0.29) is 11.8 Å². The van der Waals surface area contributed by atoms with Crippen LogP contribution < -0.4 is 5.32 Å². The van der Waals surface area contributed by atoms with Crippen LogP contribution in [-0.2, 0) is 4.79 Å². The standard InChI is InChI=1S/C20H27ClN4O2/c1-13(26)23-10-19-16-6-15(18-4-2-3-5-25(18)19)11-24(12-16)20(27)14-7-17(21)9-22-8-14/h7-9,15-16,18-19H,2-6,10-12H2,1H3,(H,23,26)/t15-,16+,18+,19+/m1/s1. The van der Waals surface area contributed by atoms with Crippen LogP contribution in [0.1, 0.15) is 43.0 Å². The molecule has 0 saturated carbocycles. The molecule has 3 aliphatic heterocycles. The lowest BCUT2D eigenvalue weighted by Gasteiger charge is -2.56. The van der Waals surface area contributed by atoms with Crippen LogP contribution in [0.25, 0.3) is 0 Å². The van der Waals surface area contributed by atoms with E-state index in [9.17, 15) is 9.59 Å². The van der Waals surface area contributed by atoms with Crippen molar-refractivity contribution < 1.29 is 9.59 Å². The first-order chi connectivity index (χ1) is 13.0. The first-order valence-electron chi connectivity index (χ1n) is 9.93. The number of nitrogens with one attached hydrogen (secondary N) is 1. The van der Waals surface area contributed by atoms with Crippen molar-refractivity contribution in [1.82, 2.24) is 20.1 Å². The van der Waals surface area contributed by atoms with Crippen LogP contribution in [0, 0.1) is 11.8 Å². The molecule has 27 heavy (non-hydrogen) atoms. The van der Waals surface area contributed by atoms with Gasteiger partial charge in [0.25, 0.3) is 5.91 Å². The van der Waals surface area contributed by atoms with Gasteiger partial charge in [0, 0.05) is 51.0 Å². The van der Waals surface area contributed by atoms with Crippen molar-refractivity contribution in [2.24, 2.45) is 11.8 Å². The summed E-state index contributed by atoms with van der Waals surface area (Å²) in [5.74, 6) is 0.927. The molecule has 0 unspecified atom stereocenters. The summed E-state index contributed by atoms with van der Waals surface area (Å²) in [6.45, 7) is 4.88. The van der Waals surface area contributed by atoms with E-state index in [1.807, 2.05) is 4.90 Å². The largest absolute Gasteiger partial charge is 0.355 e. The number of amides is 2. The van der Waals surface area contributed by atoms with E-state index in [2.05, 4.69) is 15.2 Å². The number of hydrogen-bond donors (Lipinski definition) is 1. The smallest absolute Gasteiger partial charge is 0.255 e. The van der Waals surface area contributed by atoms with E-state index in [4.69, 9.17) is 11.6 Å². The van der Waals surface area contributed by atoms with Gasteiger partial charge >= 0.3 is 0 Å². The molecule has 146 valence electrons. The molecular formula is C20H27ClN4O2. The predicted molar refractivity (Wildman–Crippen MR) is 104 cm³/mol. The molecule has 3 aliphatic rings. The first kappa shape index (κ1) is 18.7. The highest BCUT2D eigenvalue weighted by molar-refractivity contribution is 6.30. The molecule has 4 heterocycles. The molecule has 1 aromatic rings. The monoisotopic (exact) mass is 390 g/mol. The van der Waals surface area contributed by atoms with Gasteiger partial charge in [0.2, 0.25) is 5.91 Å². The summed E-state index contributed by atoms with van der Waals surface area (Å²) in [6, 6.07) is 2.52. The number of fused-ring (bicyclic) bond motifs is 4. The van der Waals surface area contributed by atoms with Gasteiger partial charge in [-0.15, -0.1) is 0 Å². The quantitative estimate of drug-likeness (QED) is 0.859. The molecule has 0 aromatic carbocycles. The zero-order valence-electron chi connectivity index (χ0n) is 15.7. The Balaban J connectivity index is 1.55. The molecule has 3 fully saturated rings. The van der Waals surface area contributed by atoms with Gasteiger partial charge in [0.15, 0.2) is 0 Å². The maximum atomic E-state index is 13.1. The van der Waals surface area contributed by atoms with Crippen LogP contribution in [0.5, 0.6) is 0 Å². The van der Waals surface area contributed by atoms with E-state index in [0.717, 1.165) is 26.1 Å². The minimum atomic E-state index is 0.0134. The van der Waals surface area contributed by atoms with Gasteiger partial charge in [-0.25, -0.2) is 0 Å². The maximum absolute atomic E-state index is 13.1. The fraction of sp³-hybridized carbons (Fsp3) is 0.650. The Morgan fingerprint density at radius 1 is 1.26 bits per heavy atom. The Hall–Kier alpha value is -1.66. The van der Waals surface area contributed by atoms with Crippen LogP contribution in [0.15, 0.2) is 18.5 Å². The Morgan fingerprint density at radius 3 is 2.85 bits per heavy atom. The van der Waals surface area contributed by atoms with E-state index >= 15 is 0 Å². The van der Waals surface area contributed by atoms with Gasteiger partial charge in [0.1, 0.15) is 0 Å². The average molecular weight is 391 g/mol. The predicted octanol–water partition coefficient (Wildman–Crippen LogP) is 2.19. The number of piperidine rings is 3. The summed E-state index contributed by atoms with van der Waals surface area (Å²) in [4.78, 5) is 33.2. The third kappa shape index (κ3) is 3.83. The number of rotatable bonds is 3. The zero-order valence-corrected chi connectivity index (χ0v) is 16.5. The fourth-order valence-corrected chi connectivity index (χ4v) is 5.49. The molecule has 4 atom stereocenters. The Labute approximate surface area is 165 Å². The maximum Gasteiger partial charge on any atom is 0.255 e. The number of likely N-dealkylation sites (tertiary alicyclic amines) is 1. The second-order valence-corrected chi connectivity index (χ2v) is 8.60. The minimum absolute atomic E-state index is 0.0134. The lowest BCUT2D eigenvalue weighted by Crippen LogP contribution is -2.66. The molecule has 0 aliphatic carbocycles. The van der Waals surface area contributed by atoms with Gasteiger partial charge < -0.3 is 10.2 Å².